The number of nitrogens with zero attached hydrogens (tertiary/aromatic N) is 3. The van der Waals surface area contributed by atoms with Gasteiger partial charge in [0.05, 0.1) is 0 Å². The van der Waals surface area contributed by atoms with Crippen LogP contribution in [0.3, 0.4) is 0 Å². The van der Waals surface area contributed by atoms with Crippen molar-refractivity contribution >= 4 is 35.9 Å². The Kier molecular flexibility index (Phi) is 18.5. The lowest BCUT2D eigenvalue weighted by Crippen LogP contribution is -2.57. The van der Waals surface area contributed by atoms with E-state index in [1.54, 1.807) is 55.4 Å². The molecule has 54 heavy (non-hydrogen) atoms. The molecule has 0 aliphatic carbocycles. The number of carboxylic acid groups (broad SMARTS) is 1. The molecule has 0 radical (unpaired) electrons. The van der Waals surface area contributed by atoms with Crippen LogP contribution in [0.25, 0.3) is 0 Å². The van der Waals surface area contributed by atoms with Gasteiger partial charge in [-0.1, -0.05) is 71.9 Å². The van der Waals surface area contributed by atoms with Gasteiger partial charge in [0.15, 0.2) is 0 Å². The molecule has 1 aliphatic heterocycles. The number of carbonyl (C=O) groups is 6. The van der Waals surface area contributed by atoms with Crippen LogP contribution in [0, 0.1) is 17.8 Å². The molecule has 4 atom stereocenters. The highest BCUT2D eigenvalue weighted by molar-refractivity contribution is 5.93. The molecule has 1 aromatic rings. The van der Waals surface area contributed by atoms with Gasteiger partial charge in [-0.3, -0.25) is 19.4 Å². The highest BCUT2D eigenvalue weighted by Crippen LogP contribution is 2.23. The van der Waals surface area contributed by atoms with Gasteiger partial charge >= 0.3 is 24.1 Å². The second kappa shape index (κ2) is 20.9. The Balaban J connectivity index is 0.000000765. The number of likely N-dealkylation sites (N-methyl/N-ethyl adjacent to an activating group) is 2. The fourth-order valence-electron chi connectivity index (χ4n) is 5.97. The average molecular weight is 763 g/mol. The van der Waals surface area contributed by atoms with E-state index in [0.29, 0.717) is 25.8 Å². The number of ether oxygens (including phenoxy) is 3. The minimum absolute atomic E-state index is 0.108. The Morgan fingerprint density at radius 2 is 1.30 bits per heavy atom. The summed E-state index contributed by atoms with van der Waals surface area (Å²) in [7, 11) is 2.96. The second-order valence-corrected chi connectivity index (χ2v) is 16.9. The van der Waals surface area contributed by atoms with Gasteiger partial charge in [0.1, 0.15) is 42.0 Å². The normalized spacial score (nSPS) is 16.1. The van der Waals surface area contributed by atoms with Crippen LogP contribution in [-0.4, -0.2) is 112 Å². The molecular formula is C40H66N4O10. The number of hydrogen-bond acceptors (Lipinski definition) is 9. The summed E-state index contributed by atoms with van der Waals surface area (Å²) in [5.74, 6) is -2.51. The van der Waals surface area contributed by atoms with E-state index < -0.39 is 65.4 Å². The Labute approximate surface area is 322 Å². The number of carboxylic acids is 1. The van der Waals surface area contributed by atoms with Gasteiger partial charge in [-0.2, -0.15) is 0 Å². The molecule has 0 unspecified atom stereocenters. The van der Waals surface area contributed by atoms with Crippen molar-refractivity contribution in [2.24, 2.45) is 17.8 Å². The van der Waals surface area contributed by atoms with Crippen LogP contribution in [0.2, 0.25) is 0 Å². The number of nitrogens with one attached hydrogen (secondary N) is 1. The fraction of sp³-hybridized carbons (Fsp3) is 0.700. The Hall–Kier alpha value is -4.36. The van der Waals surface area contributed by atoms with Crippen molar-refractivity contribution in [1.29, 1.82) is 0 Å². The summed E-state index contributed by atoms with van der Waals surface area (Å²) in [5, 5.41) is 11.9. The van der Waals surface area contributed by atoms with Crippen LogP contribution in [0.5, 0.6) is 0 Å². The number of benzene rings is 1. The third-order valence-electron chi connectivity index (χ3n) is 8.34. The van der Waals surface area contributed by atoms with Gasteiger partial charge in [0.25, 0.3) is 0 Å². The lowest BCUT2D eigenvalue weighted by atomic mass is 9.98. The maximum atomic E-state index is 13.7. The van der Waals surface area contributed by atoms with Crippen LogP contribution in [-0.2, 0) is 40.0 Å². The number of likely N-dealkylation sites (tertiary alicyclic amines) is 1. The first-order valence-electron chi connectivity index (χ1n) is 18.7. The predicted molar refractivity (Wildman–Crippen MR) is 205 cm³/mol. The monoisotopic (exact) mass is 762 g/mol. The van der Waals surface area contributed by atoms with Crippen molar-refractivity contribution < 1.29 is 48.1 Å². The van der Waals surface area contributed by atoms with Crippen LogP contribution < -0.4 is 5.32 Å². The summed E-state index contributed by atoms with van der Waals surface area (Å²) in [4.78, 5) is 79.3. The number of hydrogen-bond donors (Lipinski definition) is 2. The molecule has 306 valence electrons. The van der Waals surface area contributed by atoms with Crippen LogP contribution in [0.15, 0.2) is 30.3 Å². The molecule has 0 aromatic heterocycles. The van der Waals surface area contributed by atoms with Gasteiger partial charge in [-0.05, 0) is 84.1 Å². The lowest BCUT2D eigenvalue weighted by Gasteiger charge is -2.34. The zero-order valence-electron chi connectivity index (χ0n) is 34.9. The smallest absolute Gasteiger partial charge is 0.410 e. The quantitative estimate of drug-likeness (QED) is 0.177. The summed E-state index contributed by atoms with van der Waals surface area (Å²) < 4.78 is 16.1. The molecule has 1 heterocycles. The van der Waals surface area contributed by atoms with Crippen molar-refractivity contribution in [1.82, 2.24) is 20.0 Å². The molecular weight excluding hydrogens is 696 g/mol. The van der Waals surface area contributed by atoms with Gasteiger partial charge in [0.2, 0.25) is 11.8 Å². The zero-order valence-corrected chi connectivity index (χ0v) is 34.9. The topological polar surface area (TPSA) is 172 Å². The summed E-state index contributed by atoms with van der Waals surface area (Å²) >= 11 is 0. The second-order valence-electron chi connectivity index (χ2n) is 16.9. The molecule has 14 heteroatoms. The Morgan fingerprint density at radius 1 is 0.815 bits per heavy atom. The van der Waals surface area contributed by atoms with E-state index in [2.05, 4.69) is 5.32 Å². The fourth-order valence-corrected chi connectivity index (χ4v) is 5.97. The van der Waals surface area contributed by atoms with Gasteiger partial charge < -0.3 is 29.5 Å². The number of esters is 1. The number of aliphatic carboxylic acids is 1. The molecule has 0 saturated carbocycles. The maximum Gasteiger partial charge on any atom is 0.410 e. The largest absolute Gasteiger partial charge is 0.480 e. The Morgan fingerprint density at radius 3 is 1.72 bits per heavy atom. The minimum atomic E-state index is -1.02. The highest BCUT2D eigenvalue weighted by Gasteiger charge is 2.41. The van der Waals surface area contributed by atoms with Crippen molar-refractivity contribution in [3.8, 4) is 0 Å². The van der Waals surface area contributed by atoms with E-state index in [9.17, 15) is 28.8 Å². The predicted octanol–water partition coefficient (Wildman–Crippen LogP) is 6.11. The van der Waals surface area contributed by atoms with E-state index in [1.165, 1.54) is 23.9 Å². The van der Waals surface area contributed by atoms with Crippen LogP contribution in [0.1, 0.15) is 108 Å². The standard InChI is InChI=1S/C29H45N3O6.C11H21NO4/c1-19(2)17-22(30-25(33)24(20(3)4)31(8)28(36)38-29(5,6)7)26(34)32-16-12-15-23(32)27(35)37-18-21-13-10-9-11-14-21;1-7(2)8(9(13)14)12(6)10(15)16-11(3,4)5/h9-11,13-14,19-20,22-24H,12,15-18H2,1-8H3,(H,30,33);7-8H,1-6H3,(H,13,14)/t22-,23-,24-;8-/m00/s1. The highest BCUT2D eigenvalue weighted by atomic mass is 16.6. The van der Waals surface area contributed by atoms with E-state index in [0.717, 1.165) is 10.5 Å². The molecule has 2 rings (SSSR count). The van der Waals surface area contributed by atoms with Crippen molar-refractivity contribution in [3.05, 3.63) is 35.9 Å². The van der Waals surface area contributed by atoms with Crippen molar-refractivity contribution in [2.75, 3.05) is 20.6 Å². The Bertz CT molecular complexity index is 1400. The lowest BCUT2D eigenvalue weighted by molar-refractivity contribution is -0.155. The molecule has 0 spiro atoms. The third kappa shape index (κ3) is 15.9. The van der Waals surface area contributed by atoms with E-state index in [1.807, 2.05) is 58.0 Å². The van der Waals surface area contributed by atoms with Gasteiger partial charge in [0, 0.05) is 20.6 Å². The summed E-state index contributed by atoms with van der Waals surface area (Å²) in [6.07, 6.45) is 0.355. The number of amides is 4. The molecule has 1 aliphatic rings. The number of carbonyl (C=O) groups excluding carboxylic acids is 5. The van der Waals surface area contributed by atoms with Crippen molar-refractivity contribution in [3.63, 3.8) is 0 Å². The van der Waals surface area contributed by atoms with Crippen LogP contribution >= 0.6 is 0 Å². The minimum Gasteiger partial charge on any atom is -0.480 e. The molecule has 1 aromatic carbocycles. The first-order chi connectivity index (χ1) is 24.8. The molecule has 4 amide bonds. The summed E-state index contributed by atoms with van der Waals surface area (Å²) in [6.45, 7) is 22.2. The molecule has 0 bridgehead atoms. The van der Waals surface area contributed by atoms with Gasteiger partial charge in [-0.25, -0.2) is 19.2 Å². The van der Waals surface area contributed by atoms with E-state index in [4.69, 9.17) is 19.3 Å². The SMILES string of the molecule is CC(C)C[C@H](NC(=O)[C@H](C(C)C)N(C)C(=O)OC(C)(C)C)C(=O)N1CCC[C@H]1C(=O)OCc1ccccc1.CC(C)[C@@H](C(=O)O)N(C)C(=O)OC(C)(C)C. The third-order valence-corrected chi connectivity index (χ3v) is 8.34. The van der Waals surface area contributed by atoms with Crippen LogP contribution in [0.4, 0.5) is 9.59 Å². The average Bonchev–Trinajstić information content (AvgIpc) is 3.51. The molecule has 1 fully saturated rings. The van der Waals surface area contributed by atoms with Gasteiger partial charge in [-0.15, -0.1) is 0 Å². The number of rotatable bonds is 13. The molecule has 1 saturated heterocycles. The zero-order chi connectivity index (χ0) is 41.7. The molecule has 2 N–H and O–H groups in total. The first-order valence-corrected chi connectivity index (χ1v) is 18.7. The summed E-state index contributed by atoms with van der Waals surface area (Å²) in [5.41, 5.74) is -0.458. The van der Waals surface area contributed by atoms with Crippen molar-refractivity contribution in [2.45, 2.75) is 144 Å². The maximum absolute atomic E-state index is 13.7. The summed E-state index contributed by atoms with van der Waals surface area (Å²) in [6, 6.07) is 6.16. The van der Waals surface area contributed by atoms with E-state index in [-0.39, 0.29) is 30.3 Å². The first kappa shape index (κ1) is 47.7. The van der Waals surface area contributed by atoms with E-state index >= 15 is 0 Å². The molecule has 14 nitrogen and oxygen atoms in total.